The highest BCUT2D eigenvalue weighted by Crippen LogP contribution is 2.35. The Kier molecular flexibility index (Phi) is 5.13. The molecule has 2 aromatic rings. The van der Waals surface area contributed by atoms with Crippen molar-refractivity contribution in [1.29, 1.82) is 0 Å². The van der Waals surface area contributed by atoms with Gasteiger partial charge in [-0.25, -0.2) is 9.79 Å². The van der Waals surface area contributed by atoms with Crippen LogP contribution in [0.2, 0.25) is 0 Å². The van der Waals surface area contributed by atoms with Crippen LogP contribution in [0.3, 0.4) is 0 Å². The molecule has 0 spiro atoms. The molecule has 0 radical (unpaired) electrons. The van der Waals surface area contributed by atoms with Gasteiger partial charge in [0.05, 0.1) is 25.0 Å². The molecule has 3 rings (SSSR count). The van der Waals surface area contributed by atoms with E-state index < -0.39 is 11.7 Å². The molecule has 0 aliphatic carbocycles. The van der Waals surface area contributed by atoms with Gasteiger partial charge in [-0.15, -0.1) is 0 Å². The summed E-state index contributed by atoms with van der Waals surface area (Å²) in [7, 11) is 1.34. The summed E-state index contributed by atoms with van der Waals surface area (Å²) in [6.07, 6.45) is 0.256. The van der Waals surface area contributed by atoms with E-state index >= 15 is 0 Å². The molecule has 0 saturated carbocycles. The molecular weight excluding hydrogens is 340 g/mol. The van der Waals surface area contributed by atoms with Gasteiger partial charge in [0.15, 0.2) is 0 Å². The summed E-state index contributed by atoms with van der Waals surface area (Å²) in [5.41, 5.74) is 1.47. The summed E-state index contributed by atoms with van der Waals surface area (Å²) in [6.45, 7) is 6.09. The summed E-state index contributed by atoms with van der Waals surface area (Å²) >= 11 is 0. The fourth-order valence-electron chi connectivity index (χ4n) is 2.87. The molecule has 0 amide bonds. The second kappa shape index (κ2) is 7.35. The zero-order valence-electron chi connectivity index (χ0n) is 16.1. The molecule has 0 N–H and O–H groups in total. The van der Waals surface area contributed by atoms with Crippen molar-refractivity contribution in [2.45, 2.75) is 32.9 Å². The van der Waals surface area contributed by atoms with Gasteiger partial charge in [0.25, 0.3) is 0 Å². The predicted molar refractivity (Wildman–Crippen MR) is 106 cm³/mol. The van der Waals surface area contributed by atoms with E-state index in [9.17, 15) is 4.79 Å². The number of carbonyl (C=O) groups excluding carboxylic acids is 1. The van der Waals surface area contributed by atoms with E-state index in [0.717, 1.165) is 16.8 Å². The number of benzene rings is 2. The van der Waals surface area contributed by atoms with E-state index in [0.29, 0.717) is 5.71 Å². The maximum atomic E-state index is 12.7. The molecule has 1 atom stereocenters. The quantitative estimate of drug-likeness (QED) is 0.603. The molecule has 140 valence electrons. The number of oxime groups is 1. The van der Waals surface area contributed by atoms with Gasteiger partial charge in [-0.05, 0) is 0 Å². The molecule has 27 heavy (non-hydrogen) atoms. The largest absolute Gasteiger partial charge is 0.464 e. The van der Waals surface area contributed by atoms with Gasteiger partial charge in [-0.2, -0.15) is 0 Å². The van der Waals surface area contributed by atoms with E-state index in [-0.39, 0.29) is 11.8 Å². The van der Waals surface area contributed by atoms with Crippen LogP contribution in [0.5, 0.6) is 0 Å². The SMILES string of the molecule is COC(=O)C1(N=C(c2ccccc2)c2ccccc2)CC(C(C)(C)C)=NO1. The fourth-order valence-corrected chi connectivity index (χ4v) is 2.87. The Hall–Kier alpha value is -2.95. The Morgan fingerprint density at radius 3 is 1.96 bits per heavy atom. The Bertz CT molecular complexity index is 826. The smallest absolute Gasteiger partial charge is 0.377 e. The summed E-state index contributed by atoms with van der Waals surface area (Å²) < 4.78 is 5.03. The van der Waals surface area contributed by atoms with Gasteiger partial charge in [0, 0.05) is 16.5 Å². The summed E-state index contributed by atoms with van der Waals surface area (Å²) in [5.74, 6) is -0.560. The number of methoxy groups -OCH3 is 1. The number of carbonyl (C=O) groups is 1. The van der Waals surface area contributed by atoms with E-state index in [2.05, 4.69) is 5.16 Å². The van der Waals surface area contributed by atoms with Gasteiger partial charge in [0.1, 0.15) is 0 Å². The van der Waals surface area contributed by atoms with Crippen molar-refractivity contribution in [3.63, 3.8) is 0 Å². The molecule has 0 aromatic heterocycles. The van der Waals surface area contributed by atoms with Gasteiger partial charge in [-0.3, -0.25) is 0 Å². The highest BCUT2D eigenvalue weighted by molar-refractivity contribution is 6.14. The Labute approximate surface area is 159 Å². The lowest BCUT2D eigenvalue weighted by molar-refractivity contribution is -0.165. The van der Waals surface area contributed by atoms with Crippen molar-refractivity contribution < 1.29 is 14.4 Å². The van der Waals surface area contributed by atoms with Crippen LogP contribution in [0.1, 0.15) is 38.3 Å². The molecule has 0 saturated heterocycles. The highest BCUT2D eigenvalue weighted by Gasteiger charge is 2.50. The Balaban J connectivity index is 2.13. The average Bonchev–Trinajstić information content (AvgIpc) is 3.13. The van der Waals surface area contributed by atoms with Crippen LogP contribution < -0.4 is 0 Å². The molecule has 2 aromatic carbocycles. The van der Waals surface area contributed by atoms with Crippen molar-refractivity contribution in [3.05, 3.63) is 71.8 Å². The monoisotopic (exact) mass is 364 g/mol. The minimum absolute atomic E-state index is 0.231. The molecule has 0 fully saturated rings. The van der Waals surface area contributed by atoms with Crippen LogP contribution in [-0.4, -0.2) is 30.2 Å². The van der Waals surface area contributed by atoms with Crippen LogP contribution in [0.15, 0.2) is 70.8 Å². The van der Waals surface area contributed by atoms with Gasteiger partial charge >= 0.3 is 11.7 Å². The number of aliphatic imine (C=N–C) groups is 1. The van der Waals surface area contributed by atoms with Crippen LogP contribution in [0.4, 0.5) is 0 Å². The maximum absolute atomic E-state index is 12.7. The number of hydrogen-bond donors (Lipinski definition) is 0. The zero-order chi connectivity index (χ0) is 19.5. The van der Waals surface area contributed by atoms with Gasteiger partial charge in [0.2, 0.25) is 0 Å². The number of esters is 1. The number of rotatable bonds is 4. The minimum atomic E-state index is -1.52. The third-order valence-electron chi connectivity index (χ3n) is 4.47. The summed E-state index contributed by atoms with van der Waals surface area (Å²) in [5, 5.41) is 4.18. The van der Waals surface area contributed by atoms with Crippen molar-refractivity contribution in [1.82, 2.24) is 0 Å². The lowest BCUT2D eigenvalue weighted by Gasteiger charge is -2.23. The first-order valence-electron chi connectivity index (χ1n) is 8.90. The van der Waals surface area contributed by atoms with E-state index in [4.69, 9.17) is 14.6 Å². The molecule has 1 aliphatic heterocycles. The van der Waals surface area contributed by atoms with E-state index in [1.54, 1.807) is 0 Å². The van der Waals surface area contributed by atoms with E-state index in [1.165, 1.54) is 7.11 Å². The average molecular weight is 364 g/mol. The Morgan fingerprint density at radius 2 is 1.56 bits per heavy atom. The number of ether oxygens (including phenoxy) is 1. The van der Waals surface area contributed by atoms with Crippen molar-refractivity contribution in [2.24, 2.45) is 15.6 Å². The normalized spacial score (nSPS) is 19.0. The standard InChI is InChI=1S/C22H24N2O3/c1-21(2,3)18-15-22(27-24-18,20(25)26-4)23-19(16-11-7-5-8-12-16)17-13-9-6-10-14-17/h5-14H,15H2,1-4H3. The molecule has 1 aliphatic rings. The first-order chi connectivity index (χ1) is 12.9. The Morgan fingerprint density at radius 1 is 1.04 bits per heavy atom. The second-order valence-corrected chi connectivity index (χ2v) is 7.52. The van der Waals surface area contributed by atoms with Crippen molar-refractivity contribution >= 4 is 17.4 Å². The third kappa shape index (κ3) is 3.92. The van der Waals surface area contributed by atoms with Crippen molar-refractivity contribution in [3.8, 4) is 0 Å². The summed E-state index contributed by atoms with van der Waals surface area (Å²) in [4.78, 5) is 23.1. The van der Waals surface area contributed by atoms with Gasteiger partial charge in [-0.1, -0.05) is 86.6 Å². The van der Waals surface area contributed by atoms with Crippen LogP contribution >= 0.6 is 0 Å². The predicted octanol–water partition coefficient (Wildman–Crippen LogP) is 4.22. The van der Waals surface area contributed by atoms with Crippen LogP contribution in [0.25, 0.3) is 0 Å². The molecule has 1 heterocycles. The fraction of sp³-hybridized carbons (Fsp3) is 0.318. The molecule has 5 heteroatoms. The lowest BCUT2D eigenvalue weighted by atomic mass is 9.85. The maximum Gasteiger partial charge on any atom is 0.377 e. The lowest BCUT2D eigenvalue weighted by Crippen LogP contribution is -2.40. The third-order valence-corrected chi connectivity index (χ3v) is 4.47. The summed E-state index contributed by atoms with van der Waals surface area (Å²) in [6, 6.07) is 19.4. The van der Waals surface area contributed by atoms with Crippen LogP contribution in [0, 0.1) is 5.41 Å². The number of nitrogens with zero attached hydrogens (tertiary/aromatic N) is 2. The molecule has 1 unspecified atom stereocenters. The first kappa shape index (κ1) is 18.8. The van der Waals surface area contributed by atoms with E-state index in [1.807, 2.05) is 81.4 Å². The molecule has 0 bridgehead atoms. The van der Waals surface area contributed by atoms with Crippen LogP contribution in [-0.2, 0) is 14.4 Å². The molecule has 5 nitrogen and oxygen atoms in total. The zero-order valence-corrected chi connectivity index (χ0v) is 16.1. The number of hydrogen-bond acceptors (Lipinski definition) is 5. The highest BCUT2D eigenvalue weighted by atomic mass is 16.7. The first-order valence-corrected chi connectivity index (χ1v) is 8.90. The minimum Gasteiger partial charge on any atom is -0.464 e. The second-order valence-electron chi connectivity index (χ2n) is 7.52. The molecular formula is C22H24N2O3. The van der Waals surface area contributed by atoms with Gasteiger partial charge < -0.3 is 9.57 Å². The van der Waals surface area contributed by atoms with Crippen molar-refractivity contribution in [2.75, 3.05) is 7.11 Å². The topological polar surface area (TPSA) is 60.2 Å².